The molecule has 0 spiro atoms. The van der Waals surface area contributed by atoms with Crippen molar-refractivity contribution >= 4 is 41.6 Å². The second kappa shape index (κ2) is 9.81. The molecule has 23 heavy (non-hydrogen) atoms. The van der Waals surface area contributed by atoms with Gasteiger partial charge in [0.15, 0.2) is 0 Å². The number of nitrogens with two attached hydrogens (primary N) is 2. The molecule has 1 amide bonds. The van der Waals surface area contributed by atoms with Crippen molar-refractivity contribution in [2.24, 2.45) is 11.5 Å². The first-order chi connectivity index (χ1) is 10.1. The first-order valence-corrected chi connectivity index (χ1v) is 7.70. The zero-order valence-electron chi connectivity index (χ0n) is 13.5. The van der Waals surface area contributed by atoms with Crippen LogP contribution < -0.4 is 11.5 Å². The lowest BCUT2D eigenvalue weighted by Gasteiger charge is -2.25. The Morgan fingerprint density at radius 2 is 1.87 bits per heavy atom. The van der Waals surface area contributed by atoms with Gasteiger partial charge < -0.3 is 16.5 Å². The summed E-state index contributed by atoms with van der Waals surface area (Å²) >= 11 is 0. The molecular formula is C17H27Cl2N3O. The van der Waals surface area contributed by atoms with Gasteiger partial charge in [0.2, 0.25) is 5.91 Å². The van der Waals surface area contributed by atoms with Gasteiger partial charge in [-0.3, -0.25) is 4.79 Å². The average molecular weight is 360 g/mol. The number of aromatic nitrogens is 1. The number of halogens is 2. The maximum atomic E-state index is 11.8. The van der Waals surface area contributed by atoms with E-state index in [4.69, 9.17) is 11.5 Å². The molecule has 1 heterocycles. The van der Waals surface area contributed by atoms with Crippen LogP contribution in [-0.2, 0) is 11.2 Å². The Kier molecular flexibility index (Phi) is 9.28. The van der Waals surface area contributed by atoms with Crippen molar-refractivity contribution in [2.75, 3.05) is 0 Å². The fourth-order valence-electron chi connectivity index (χ4n) is 2.78. The maximum Gasteiger partial charge on any atom is 0.237 e. The van der Waals surface area contributed by atoms with E-state index in [2.05, 4.69) is 11.9 Å². The molecule has 6 heteroatoms. The third-order valence-corrected chi connectivity index (χ3v) is 4.15. The number of nitrogens with one attached hydrogen (secondary N) is 1. The Morgan fingerprint density at radius 1 is 1.17 bits per heavy atom. The zero-order chi connectivity index (χ0) is 15.3. The van der Waals surface area contributed by atoms with Crippen molar-refractivity contribution in [2.45, 2.75) is 51.0 Å². The molecule has 0 aliphatic carbocycles. The molecule has 130 valence electrons. The van der Waals surface area contributed by atoms with E-state index in [1.165, 1.54) is 6.42 Å². The summed E-state index contributed by atoms with van der Waals surface area (Å²) in [5.74, 6) is -0.413. The van der Waals surface area contributed by atoms with Gasteiger partial charge in [0.1, 0.15) is 0 Å². The van der Waals surface area contributed by atoms with E-state index in [-0.39, 0.29) is 24.8 Å². The third-order valence-electron chi connectivity index (χ3n) is 4.15. The highest BCUT2D eigenvalue weighted by Gasteiger charge is 2.32. The lowest BCUT2D eigenvalue weighted by molar-refractivity contribution is -0.123. The number of rotatable bonds is 8. The summed E-state index contributed by atoms with van der Waals surface area (Å²) in [5.41, 5.74) is 13.0. The van der Waals surface area contributed by atoms with Crippen LogP contribution in [0.15, 0.2) is 30.5 Å². The lowest BCUT2D eigenvalue weighted by Crippen LogP contribution is -2.53. The van der Waals surface area contributed by atoms with E-state index in [0.29, 0.717) is 12.8 Å². The number of benzene rings is 1. The van der Waals surface area contributed by atoms with E-state index in [1.807, 2.05) is 30.5 Å². The van der Waals surface area contributed by atoms with Crippen LogP contribution in [0.2, 0.25) is 0 Å². The predicted octanol–water partition coefficient (Wildman–Crippen LogP) is 3.71. The Hall–Kier alpha value is -1.23. The number of para-hydroxylation sites is 1. The van der Waals surface area contributed by atoms with Crippen LogP contribution in [0.25, 0.3) is 10.9 Å². The Bertz CT molecular complexity index is 615. The quantitative estimate of drug-likeness (QED) is 0.627. The molecule has 2 rings (SSSR count). The summed E-state index contributed by atoms with van der Waals surface area (Å²) in [4.78, 5) is 15.1. The topological polar surface area (TPSA) is 84.9 Å². The van der Waals surface area contributed by atoms with Gasteiger partial charge in [-0.25, -0.2) is 0 Å². The largest absolute Gasteiger partial charge is 0.368 e. The van der Waals surface area contributed by atoms with Crippen LogP contribution in [0.3, 0.4) is 0 Å². The van der Waals surface area contributed by atoms with Crippen molar-refractivity contribution in [3.63, 3.8) is 0 Å². The van der Waals surface area contributed by atoms with Gasteiger partial charge in [-0.05, 0) is 18.1 Å². The molecule has 5 N–H and O–H groups in total. The Balaban J connectivity index is 0.00000242. The summed E-state index contributed by atoms with van der Waals surface area (Å²) in [6, 6.07) is 8.03. The predicted molar refractivity (Wildman–Crippen MR) is 101 cm³/mol. The number of amides is 1. The average Bonchev–Trinajstić information content (AvgIpc) is 2.87. The van der Waals surface area contributed by atoms with E-state index in [1.54, 1.807) is 0 Å². The summed E-state index contributed by atoms with van der Waals surface area (Å²) in [6.07, 6.45) is 7.42. The van der Waals surface area contributed by atoms with Crippen LogP contribution in [0.1, 0.15) is 44.6 Å². The van der Waals surface area contributed by atoms with Crippen LogP contribution >= 0.6 is 24.8 Å². The Labute approximate surface area is 150 Å². The first-order valence-electron chi connectivity index (χ1n) is 7.70. The molecule has 0 bridgehead atoms. The number of aromatic amines is 1. The highest BCUT2D eigenvalue weighted by atomic mass is 35.5. The number of hydrogen-bond acceptors (Lipinski definition) is 2. The van der Waals surface area contributed by atoms with Crippen molar-refractivity contribution in [3.8, 4) is 0 Å². The zero-order valence-corrected chi connectivity index (χ0v) is 15.1. The van der Waals surface area contributed by atoms with Crippen molar-refractivity contribution < 1.29 is 4.79 Å². The first kappa shape index (κ1) is 21.8. The molecule has 1 atom stereocenters. The highest BCUT2D eigenvalue weighted by molar-refractivity contribution is 5.88. The van der Waals surface area contributed by atoms with E-state index in [9.17, 15) is 4.79 Å². The number of H-pyrrole nitrogens is 1. The second-order valence-corrected chi connectivity index (χ2v) is 5.87. The Morgan fingerprint density at radius 3 is 2.52 bits per heavy atom. The summed E-state index contributed by atoms with van der Waals surface area (Å²) in [5, 5.41) is 1.11. The molecule has 1 aromatic carbocycles. The van der Waals surface area contributed by atoms with E-state index >= 15 is 0 Å². The molecule has 0 radical (unpaired) electrons. The molecule has 0 aliphatic rings. The third kappa shape index (κ3) is 5.41. The summed E-state index contributed by atoms with van der Waals surface area (Å²) in [6.45, 7) is 2.16. The monoisotopic (exact) mass is 359 g/mol. The van der Waals surface area contributed by atoms with Crippen LogP contribution in [0, 0.1) is 0 Å². The lowest BCUT2D eigenvalue weighted by atomic mass is 9.85. The summed E-state index contributed by atoms with van der Waals surface area (Å²) < 4.78 is 0. The minimum atomic E-state index is -0.960. The number of unbranched alkanes of at least 4 members (excludes halogenated alkanes) is 3. The normalized spacial score (nSPS) is 13.0. The molecule has 1 unspecified atom stereocenters. The van der Waals surface area contributed by atoms with Gasteiger partial charge in [0, 0.05) is 23.5 Å². The smallest absolute Gasteiger partial charge is 0.237 e. The number of carbonyl (C=O) groups is 1. The molecule has 2 aromatic rings. The minimum Gasteiger partial charge on any atom is -0.368 e. The van der Waals surface area contributed by atoms with E-state index < -0.39 is 11.4 Å². The van der Waals surface area contributed by atoms with Gasteiger partial charge >= 0.3 is 0 Å². The van der Waals surface area contributed by atoms with Crippen molar-refractivity contribution in [3.05, 3.63) is 36.0 Å². The van der Waals surface area contributed by atoms with Crippen LogP contribution in [-0.4, -0.2) is 16.4 Å². The standard InChI is InChI=1S/C17H25N3O.2ClH/c1-2-3-4-7-10-17(19,16(18)21)11-13-12-20-15-9-6-5-8-14(13)15;;/h5-6,8-9,12,20H,2-4,7,10-11,19H2,1H3,(H2,18,21);2*1H. The van der Waals surface area contributed by atoms with Crippen molar-refractivity contribution in [1.82, 2.24) is 4.98 Å². The van der Waals surface area contributed by atoms with Gasteiger partial charge in [0.25, 0.3) is 0 Å². The molecule has 0 fully saturated rings. The number of fused-ring (bicyclic) bond motifs is 1. The SMILES string of the molecule is CCCCCCC(N)(Cc1c[nH]c2ccccc12)C(N)=O.Cl.Cl. The maximum absolute atomic E-state index is 11.8. The molecule has 0 saturated heterocycles. The summed E-state index contributed by atoms with van der Waals surface area (Å²) in [7, 11) is 0. The van der Waals surface area contributed by atoms with E-state index in [0.717, 1.165) is 35.7 Å². The highest BCUT2D eigenvalue weighted by Crippen LogP contribution is 2.24. The molecule has 4 nitrogen and oxygen atoms in total. The fraction of sp³-hybridized carbons (Fsp3) is 0.471. The number of primary amides is 1. The van der Waals surface area contributed by atoms with Gasteiger partial charge in [-0.2, -0.15) is 0 Å². The van der Waals surface area contributed by atoms with Crippen LogP contribution in [0.5, 0.6) is 0 Å². The van der Waals surface area contributed by atoms with Gasteiger partial charge in [-0.1, -0.05) is 50.8 Å². The number of hydrogen-bond donors (Lipinski definition) is 3. The number of carbonyl (C=O) groups excluding carboxylic acids is 1. The minimum absolute atomic E-state index is 0. The fourth-order valence-corrected chi connectivity index (χ4v) is 2.78. The van der Waals surface area contributed by atoms with Gasteiger partial charge in [-0.15, -0.1) is 24.8 Å². The molecule has 0 saturated carbocycles. The van der Waals surface area contributed by atoms with Crippen molar-refractivity contribution in [1.29, 1.82) is 0 Å². The molecule has 0 aliphatic heterocycles. The second-order valence-electron chi connectivity index (χ2n) is 5.87. The molecular weight excluding hydrogens is 333 g/mol. The molecule has 1 aromatic heterocycles. The van der Waals surface area contributed by atoms with Crippen LogP contribution in [0.4, 0.5) is 0 Å². The van der Waals surface area contributed by atoms with Gasteiger partial charge in [0.05, 0.1) is 5.54 Å².